The molecule has 1 aromatic rings. The minimum absolute atomic E-state index is 0.0250. The number of rotatable bonds is 10. The Kier molecular flexibility index (Phi) is 8.14. The van der Waals surface area contributed by atoms with Crippen LogP contribution in [0.25, 0.3) is 0 Å². The highest BCUT2D eigenvalue weighted by Gasteiger charge is 2.44. The van der Waals surface area contributed by atoms with Gasteiger partial charge in [-0.1, -0.05) is 25.5 Å². The smallest absolute Gasteiger partial charge is 0.226 e. The minimum atomic E-state index is -0.368. The molecule has 0 aromatic heterocycles. The lowest BCUT2D eigenvalue weighted by Gasteiger charge is -2.29. The number of methoxy groups -OCH3 is 1. The summed E-state index contributed by atoms with van der Waals surface area (Å²) in [6.07, 6.45) is 6.65. The zero-order valence-corrected chi connectivity index (χ0v) is 18.6. The fourth-order valence-electron chi connectivity index (χ4n) is 4.56. The summed E-state index contributed by atoms with van der Waals surface area (Å²) in [5.41, 5.74) is 0.991. The van der Waals surface area contributed by atoms with Crippen LogP contribution >= 0.6 is 0 Å². The molecule has 2 amide bonds. The van der Waals surface area contributed by atoms with E-state index in [0.29, 0.717) is 12.6 Å². The molecule has 4 unspecified atom stereocenters. The number of hydrogen-bond acceptors (Lipinski definition) is 4. The van der Waals surface area contributed by atoms with Crippen molar-refractivity contribution >= 4 is 11.8 Å². The van der Waals surface area contributed by atoms with Crippen LogP contribution in [0.15, 0.2) is 24.3 Å². The Morgan fingerprint density at radius 3 is 2.73 bits per heavy atom. The van der Waals surface area contributed by atoms with Crippen LogP contribution in [0.3, 0.4) is 0 Å². The van der Waals surface area contributed by atoms with E-state index in [1.54, 1.807) is 7.11 Å². The Morgan fingerprint density at radius 2 is 2.10 bits per heavy atom. The Bertz CT molecular complexity index is 700. The molecule has 2 aliphatic rings. The number of ether oxygens (including phenoxy) is 2. The number of carbonyl (C=O) groups is 2. The van der Waals surface area contributed by atoms with Gasteiger partial charge in [-0.25, -0.2) is 0 Å². The van der Waals surface area contributed by atoms with Crippen molar-refractivity contribution in [2.45, 2.75) is 77.0 Å². The molecule has 1 N–H and O–H groups in total. The Hall–Kier alpha value is -2.08. The summed E-state index contributed by atoms with van der Waals surface area (Å²) in [4.78, 5) is 27.9. The van der Waals surface area contributed by atoms with E-state index in [2.05, 4.69) is 12.2 Å². The van der Waals surface area contributed by atoms with E-state index < -0.39 is 0 Å². The number of nitrogens with one attached hydrogen (secondary N) is 1. The van der Waals surface area contributed by atoms with Gasteiger partial charge in [0, 0.05) is 25.6 Å². The lowest BCUT2D eigenvalue weighted by Crippen LogP contribution is -2.40. The van der Waals surface area contributed by atoms with Crippen molar-refractivity contribution in [3.8, 4) is 5.75 Å². The van der Waals surface area contributed by atoms with E-state index in [-0.39, 0.29) is 36.2 Å². The Balaban J connectivity index is 1.69. The number of benzene rings is 1. The maximum absolute atomic E-state index is 13.2. The lowest BCUT2D eigenvalue weighted by molar-refractivity contribution is -0.129. The second kappa shape index (κ2) is 10.8. The summed E-state index contributed by atoms with van der Waals surface area (Å²) >= 11 is 0. The van der Waals surface area contributed by atoms with Crippen molar-refractivity contribution in [3.63, 3.8) is 0 Å². The first kappa shape index (κ1) is 22.6. The van der Waals surface area contributed by atoms with Crippen LogP contribution in [0.1, 0.15) is 70.4 Å². The molecule has 2 heterocycles. The first-order valence-electron chi connectivity index (χ1n) is 11.4. The number of unbranched alkanes of at least 4 members (excludes halogenated alkanes) is 1. The van der Waals surface area contributed by atoms with Gasteiger partial charge in [-0.15, -0.1) is 0 Å². The average molecular weight is 417 g/mol. The number of amides is 2. The van der Waals surface area contributed by atoms with Crippen molar-refractivity contribution in [2.24, 2.45) is 5.92 Å². The van der Waals surface area contributed by atoms with Crippen molar-refractivity contribution < 1.29 is 19.1 Å². The fourth-order valence-corrected chi connectivity index (χ4v) is 4.56. The minimum Gasteiger partial charge on any atom is -0.497 e. The topological polar surface area (TPSA) is 67.9 Å². The molecule has 0 saturated carbocycles. The Morgan fingerprint density at radius 1 is 1.33 bits per heavy atom. The summed E-state index contributed by atoms with van der Waals surface area (Å²) in [5.74, 6) is 0.444. The third-order valence-corrected chi connectivity index (χ3v) is 6.31. The van der Waals surface area contributed by atoms with Crippen LogP contribution in [-0.4, -0.2) is 49.1 Å². The first-order chi connectivity index (χ1) is 14.5. The molecular weight excluding hydrogens is 380 g/mol. The monoisotopic (exact) mass is 416 g/mol. The number of nitrogens with zero attached hydrogens (tertiary/aromatic N) is 1. The number of carbonyl (C=O) groups excluding carboxylic acids is 2. The molecule has 1 aromatic carbocycles. The molecule has 0 aliphatic carbocycles. The normalized spacial score (nSPS) is 24.8. The fraction of sp³-hybridized carbons (Fsp3) is 0.667. The molecule has 0 spiro atoms. The Labute approximate surface area is 180 Å². The molecule has 0 bridgehead atoms. The summed E-state index contributed by atoms with van der Waals surface area (Å²) in [6.45, 7) is 5.70. The van der Waals surface area contributed by atoms with E-state index in [0.717, 1.165) is 56.4 Å². The van der Waals surface area contributed by atoms with Gasteiger partial charge in [0.15, 0.2) is 0 Å². The van der Waals surface area contributed by atoms with Gasteiger partial charge in [-0.3, -0.25) is 9.59 Å². The van der Waals surface area contributed by atoms with Gasteiger partial charge >= 0.3 is 0 Å². The van der Waals surface area contributed by atoms with Gasteiger partial charge in [0.25, 0.3) is 0 Å². The van der Waals surface area contributed by atoms with E-state index in [1.807, 2.05) is 36.1 Å². The molecule has 2 saturated heterocycles. The summed E-state index contributed by atoms with van der Waals surface area (Å²) in [5, 5.41) is 3.17. The standard InChI is InChI=1S/C24H36N2O4/c1-4-5-14-26-22(27)16-21(23(26)18-9-12-19(29-3)13-10-18)24(28)25-17(2)8-11-20-7-6-15-30-20/h9-10,12-13,17,20-21,23H,4-8,11,14-16H2,1-3H3,(H,25,28). The van der Waals surface area contributed by atoms with Crippen LogP contribution < -0.4 is 10.1 Å². The average Bonchev–Trinajstić information content (AvgIpc) is 3.38. The van der Waals surface area contributed by atoms with Crippen molar-refractivity contribution in [3.05, 3.63) is 29.8 Å². The van der Waals surface area contributed by atoms with Gasteiger partial charge < -0.3 is 19.7 Å². The molecule has 4 atom stereocenters. The van der Waals surface area contributed by atoms with Crippen LogP contribution in [-0.2, 0) is 14.3 Å². The quantitative estimate of drug-likeness (QED) is 0.629. The molecular formula is C24H36N2O4. The van der Waals surface area contributed by atoms with Crippen LogP contribution in [0.4, 0.5) is 0 Å². The number of hydrogen-bond donors (Lipinski definition) is 1. The molecule has 2 aliphatic heterocycles. The molecule has 30 heavy (non-hydrogen) atoms. The van der Waals surface area contributed by atoms with E-state index >= 15 is 0 Å². The largest absolute Gasteiger partial charge is 0.497 e. The van der Waals surface area contributed by atoms with Crippen LogP contribution in [0.5, 0.6) is 5.75 Å². The molecule has 6 nitrogen and oxygen atoms in total. The third kappa shape index (κ3) is 5.54. The van der Waals surface area contributed by atoms with Crippen LogP contribution in [0.2, 0.25) is 0 Å². The zero-order chi connectivity index (χ0) is 21.5. The second-order valence-electron chi connectivity index (χ2n) is 8.59. The SMILES string of the molecule is CCCCN1C(=O)CC(C(=O)NC(C)CCC2CCCO2)C1c1ccc(OC)cc1. The maximum atomic E-state index is 13.2. The highest BCUT2D eigenvalue weighted by atomic mass is 16.5. The van der Waals surface area contributed by atoms with E-state index in [1.165, 1.54) is 0 Å². The summed E-state index contributed by atoms with van der Waals surface area (Å²) in [6, 6.07) is 7.59. The summed E-state index contributed by atoms with van der Waals surface area (Å²) < 4.78 is 11.0. The number of likely N-dealkylation sites (tertiary alicyclic amines) is 1. The predicted octanol–water partition coefficient (Wildman–Crippen LogP) is 3.85. The third-order valence-electron chi connectivity index (χ3n) is 6.31. The van der Waals surface area contributed by atoms with Gasteiger partial charge in [-0.05, 0) is 56.7 Å². The second-order valence-corrected chi connectivity index (χ2v) is 8.59. The van der Waals surface area contributed by atoms with Crippen molar-refractivity contribution in [2.75, 3.05) is 20.3 Å². The van der Waals surface area contributed by atoms with Gasteiger partial charge in [-0.2, -0.15) is 0 Å². The van der Waals surface area contributed by atoms with E-state index in [9.17, 15) is 9.59 Å². The zero-order valence-electron chi connectivity index (χ0n) is 18.6. The summed E-state index contributed by atoms with van der Waals surface area (Å²) in [7, 11) is 1.63. The molecule has 6 heteroatoms. The highest BCUT2D eigenvalue weighted by Crippen LogP contribution is 2.39. The maximum Gasteiger partial charge on any atom is 0.226 e. The molecule has 3 rings (SSSR count). The van der Waals surface area contributed by atoms with Gasteiger partial charge in [0.1, 0.15) is 5.75 Å². The van der Waals surface area contributed by atoms with Gasteiger partial charge in [0.2, 0.25) is 11.8 Å². The van der Waals surface area contributed by atoms with Crippen molar-refractivity contribution in [1.29, 1.82) is 0 Å². The van der Waals surface area contributed by atoms with Gasteiger partial charge in [0.05, 0.1) is 25.2 Å². The predicted molar refractivity (Wildman–Crippen MR) is 116 cm³/mol. The molecule has 0 radical (unpaired) electrons. The highest BCUT2D eigenvalue weighted by molar-refractivity contribution is 5.90. The van der Waals surface area contributed by atoms with Crippen molar-refractivity contribution in [1.82, 2.24) is 10.2 Å². The first-order valence-corrected chi connectivity index (χ1v) is 11.4. The molecule has 166 valence electrons. The van der Waals surface area contributed by atoms with E-state index in [4.69, 9.17) is 9.47 Å². The lowest BCUT2D eigenvalue weighted by atomic mass is 9.92. The molecule has 2 fully saturated rings. The van der Waals surface area contributed by atoms with Crippen LogP contribution in [0, 0.1) is 5.92 Å².